The molecule has 1 amide bonds. The van der Waals surface area contributed by atoms with Gasteiger partial charge in [-0.3, -0.25) is 14.1 Å². The van der Waals surface area contributed by atoms with Crippen LogP contribution in [0.15, 0.2) is 79.0 Å². The molecule has 1 aliphatic heterocycles. The number of hydrogen-bond acceptors (Lipinski definition) is 4. The van der Waals surface area contributed by atoms with Gasteiger partial charge in [-0.2, -0.15) is 0 Å². The zero-order valence-electron chi connectivity index (χ0n) is 17.4. The molecule has 0 saturated carbocycles. The lowest BCUT2D eigenvalue weighted by atomic mass is 9.99. The van der Waals surface area contributed by atoms with E-state index in [2.05, 4.69) is 16.4 Å². The smallest absolute Gasteiger partial charge is 0.255 e. The van der Waals surface area contributed by atoms with Gasteiger partial charge in [-0.15, -0.1) is 0 Å². The predicted octanol–water partition coefficient (Wildman–Crippen LogP) is 4.61. The molecule has 0 bridgehead atoms. The molecule has 0 unspecified atom stereocenters. The van der Waals surface area contributed by atoms with Crippen molar-refractivity contribution in [1.29, 1.82) is 0 Å². The van der Waals surface area contributed by atoms with Gasteiger partial charge in [0.2, 0.25) is 10.0 Å². The first kappa shape index (κ1) is 20.2. The molecule has 0 aliphatic carbocycles. The van der Waals surface area contributed by atoms with Gasteiger partial charge in [0.1, 0.15) is 0 Å². The molecule has 6 nitrogen and oxygen atoms in total. The molecule has 2 heterocycles. The molecule has 0 atom stereocenters. The summed E-state index contributed by atoms with van der Waals surface area (Å²) in [7, 11) is -3.18. The van der Waals surface area contributed by atoms with Gasteiger partial charge in [0.15, 0.2) is 0 Å². The lowest BCUT2D eigenvalue weighted by Crippen LogP contribution is -2.47. The molecular weight excluding hydrogens is 422 g/mol. The number of benzene rings is 3. The van der Waals surface area contributed by atoms with Crippen molar-refractivity contribution >= 4 is 38.1 Å². The third kappa shape index (κ3) is 3.61. The van der Waals surface area contributed by atoms with Crippen LogP contribution in [0.5, 0.6) is 0 Å². The summed E-state index contributed by atoms with van der Waals surface area (Å²) in [6.07, 6.45) is 1.79. The van der Waals surface area contributed by atoms with E-state index in [1.807, 2.05) is 49.4 Å². The second kappa shape index (κ2) is 7.76. The van der Waals surface area contributed by atoms with Gasteiger partial charge in [-0.05, 0) is 60.3 Å². The molecule has 160 valence electrons. The number of sulfonamides is 1. The molecule has 1 fully saturated rings. The van der Waals surface area contributed by atoms with Crippen molar-refractivity contribution in [2.24, 2.45) is 0 Å². The lowest BCUT2D eigenvalue weighted by Gasteiger charge is -2.32. The highest BCUT2D eigenvalue weighted by molar-refractivity contribution is 7.94. The van der Waals surface area contributed by atoms with Crippen LogP contribution in [0.1, 0.15) is 15.9 Å². The second-order valence-electron chi connectivity index (χ2n) is 7.80. The van der Waals surface area contributed by atoms with E-state index in [4.69, 9.17) is 0 Å². The van der Waals surface area contributed by atoms with Gasteiger partial charge in [0, 0.05) is 34.9 Å². The number of aromatic nitrogens is 1. The van der Waals surface area contributed by atoms with Crippen molar-refractivity contribution in [3.05, 3.63) is 90.1 Å². The van der Waals surface area contributed by atoms with Crippen molar-refractivity contribution in [2.75, 3.05) is 21.9 Å². The van der Waals surface area contributed by atoms with Crippen LogP contribution in [0.4, 0.5) is 11.4 Å². The molecule has 3 aromatic carbocycles. The average Bonchev–Trinajstić information content (AvgIpc) is 2.80. The normalized spacial score (nSPS) is 14.7. The number of anilines is 2. The summed E-state index contributed by atoms with van der Waals surface area (Å²) in [5.74, 6) is -0.0972. The number of hydrogen-bond donors (Lipinski definition) is 1. The van der Waals surface area contributed by atoms with Crippen LogP contribution in [0.25, 0.3) is 22.0 Å². The van der Waals surface area contributed by atoms with Crippen LogP contribution < -0.4 is 9.62 Å². The van der Waals surface area contributed by atoms with E-state index in [1.165, 1.54) is 4.31 Å². The minimum absolute atomic E-state index is 0.163. The van der Waals surface area contributed by atoms with Crippen molar-refractivity contribution in [1.82, 2.24) is 4.98 Å². The van der Waals surface area contributed by atoms with Crippen molar-refractivity contribution in [2.45, 2.75) is 6.92 Å². The highest BCUT2D eigenvalue weighted by Crippen LogP contribution is 2.31. The quantitative estimate of drug-likeness (QED) is 0.499. The molecule has 5 rings (SSSR count). The Kier molecular flexibility index (Phi) is 4.90. The monoisotopic (exact) mass is 443 g/mol. The zero-order chi connectivity index (χ0) is 22.3. The van der Waals surface area contributed by atoms with Crippen molar-refractivity contribution < 1.29 is 13.2 Å². The number of nitrogens with one attached hydrogen (secondary N) is 1. The summed E-state index contributed by atoms with van der Waals surface area (Å²) < 4.78 is 24.9. The molecule has 1 aliphatic rings. The fourth-order valence-electron chi connectivity index (χ4n) is 3.89. The maximum atomic E-state index is 12.8. The first-order chi connectivity index (χ1) is 15.4. The molecule has 7 heteroatoms. The molecule has 1 aromatic heterocycles. The van der Waals surface area contributed by atoms with Crippen molar-refractivity contribution in [3.63, 3.8) is 0 Å². The van der Waals surface area contributed by atoms with Crippen LogP contribution in [-0.2, 0) is 10.0 Å². The third-order valence-electron chi connectivity index (χ3n) is 5.73. The second-order valence-corrected chi connectivity index (χ2v) is 9.81. The largest absolute Gasteiger partial charge is 0.322 e. The molecule has 0 radical (unpaired) electrons. The first-order valence-corrected chi connectivity index (χ1v) is 11.9. The molecule has 1 saturated heterocycles. The first-order valence-electron chi connectivity index (χ1n) is 10.3. The Morgan fingerprint density at radius 2 is 1.78 bits per heavy atom. The number of carbonyl (C=O) groups excluding carboxylic acids is 1. The highest BCUT2D eigenvalue weighted by Gasteiger charge is 2.32. The summed E-state index contributed by atoms with van der Waals surface area (Å²) >= 11 is 0. The average molecular weight is 444 g/mol. The van der Waals surface area contributed by atoms with Gasteiger partial charge < -0.3 is 5.32 Å². The molecule has 1 N–H and O–H groups in total. The Hall–Kier alpha value is -3.71. The molecule has 4 aromatic rings. The van der Waals surface area contributed by atoms with Gasteiger partial charge >= 0.3 is 0 Å². The van der Waals surface area contributed by atoms with Crippen molar-refractivity contribution in [3.8, 4) is 11.3 Å². The fourth-order valence-corrected chi connectivity index (χ4v) is 5.00. The maximum Gasteiger partial charge on any atom is 0.255 e. The SMILES string of the molecule is Cc1ccc(NC(=O)c2ccc(N3CCS3(=O)=O)cc2)cc1-c1nccc2ccccc12. The topological polar surface area (TPSA) is 79.4 Å². The summed E-state index contributed by atoms with van der Waals surface area (Å²) in [4.78, 5) is 17.4. The standard InChI is InChI=1S/C25H21N3O3S/c1-17-6-9-20(16-23(17)24-22-5-3-2-4-18(22)12-13-26-24)27-25(29)19-7-10-21(11-8-19)28-14-15-32(28,30)31/h2-13,16H,14-15H2,1H3,(H,27,29). The number of rotatable bonds is 4. The van der Waals surface area contributed by atoms with E-state index >= 15 is 0 Å². The molecule has 32 heavy (non-hydrogen) atoms. The minimum atomic E-state index is -3.18. The number of fused-ring (bicyclic) bond motifs is 1. The number of aryl methyl sites for hydroxylation is 1. The van der Waals surface area contributed by atoms with Crippen LogP contribution >= 0.6 is 0 Å². The maximum absolute atomic E-state index is 12.8. The van der Waals surface area contributed by atoms with Crippen LogP contribution in [0.3, 0.4) is 0 Å². The van der Waals surface area contributed by atoms with Gasteiger partial charge in [-0.25, -0.2) is 8.42 Å². The van der Waals surface area contributed by atoms with Crippen LogP contribution in [0, 0.1) is 6.92 Å². The van der Waals surface area contributed by atoms with Gasteiger partial charge in [0.25, 0.3) is 5.91 Å². The summed E-state index contributed by atoms with van der Waals surface area (Å²) in [6, 6.07) is 22.4. The summed E-state index contributed by atoms with van der Waals surface area (Å²) in [5.41, 5.74) is 4.59. The van der Waals surface area contributed by atoms with E-state index in [9.17, 15) is 13.2 Å². The summed E-state index contributed by atoms with van der Waals surface area (Å²) in [5, 5.41) is 5.10. The Morgan fingerprint density at radius 3 is 2.50 bits per heavy atom. The van der Waals surface area contributed by atoms with E-state index in [0.717, 1.165) is 27.6 Å². The molecular formula is C25H21N3O3S. The Labute approximate surface area is 186 Å². The third-order valence-corrected chi connectivity index (χ3v) is 7.49. The zero-order valence-corrected chi connectivity index (χ0v) is 18.3. The van der Waals surface area contributed by atoms with Gasteiger partial charge in [-0.1, -0.05) is 30.3 Å². The highest BCUT2D eigenvalue weighted by atomic mass is 32.2. The number of nitrogens with zero attached hydrogens (tertiary/aromatic N) is 2. The molecule has 0 spiro atoms. The number of amides is 1. The lowest BCUT2D eigenvalue weighted by molar-refractivity contribution is 0.102. The van der Waals surface area contributed by atoms with E-state index in [0.29, 0.717) is 23.5 Å². The van der Waals surface area contributed by atoms with E-state index in [1.54, 1.807) is 30.5 Å². The number of pyridine rings is 1. The van der Waals surface area contributed by atoms with Gasteiger partial charge in [0.05, 0.1) is 17.1 Å². The minimum Gasteiger partial charge on any atom is -0.322 e. The summed E-state index contributed by atoms with van der Waals surface area (Å²) in [6.45, 7) is 2.50. The van der Waals surface area contributed by atoms with Crippen LogP contribution in [0.2, 0.25) is 0 Å². The van der Waals surface area contributed by atoms with E-state index < -0.39 is 10.0 Å². The number of carbonyl (C=O) groups is 1. The Bertz CT molecular complexity index is 1440. The fraction of sp³-hybridized carbons (Fsp3) is 0.120. The Balaban J connectivity index is 1.41. The Morgan fingerprint density at radius 1 is 1.00 bits per heavy atom. The predicted molar refractivity (Wildman–Crippen MR) is 127 cm³/mol. The van der Waals surface area contributed by atoms with Crippen LogP contribution in [-0.4, -0.2) is 31.6 Å². The van der Waals surface area contributed by atoms with E-state index in [-0.39, 0.29) is 11.7 Å².